The molecule has 1 atom stereocenters. The van der Waals surface area contributed by atoms with Gasteiger partial charge in [0.15, 0.2) is 0 Å². The molecule has 5 nitrogen and oxygen atoms in total. The highest BCUT2D eigenvalue weighted by atomic mass is 16.5. The number of ether oxygens (including phenoxy) is 1. The topological polar surface area (TPSA) is 58.6 Å². The van der Waals surface area contributed by atoms with Gasteiger partial charge in [0.05, 0.1) is 13.2 Å². The van der Waals surface area contributed by atoms with Crippen LogP contribution >= 0.6 is 0 Å². The van der Waals surface area contributed by atoms with E-state index in [0.29, 0.717) is 18.7 Å². The number of methoxy groups -OCH3 is 1. The van der Waals surface area contributed by atoms with Crippen molar-refractivity contribution in [1.82, 2.24) is 10.2 Å². The van der Waals surface area contributed by atoms with Gasteiger partial charge in [0.25, 0.3) is 5.91 Å². The van der Waals surface area contributed by atoms with Gasteiger partial charge in [-0.15, -0.1) is 0 Å². The predicted molar refractivity (Wildman–Crippen MR) is 121 cm³/mol. The van der Waals surface area contributed by atoms with Crippen molar-refractivity contribution in [3.63, 3.8) is 0 Å². The Hall–Kier alpha value is -2.82. The van der Waals surface area contributed by atoms with Crippen molar-refractivity contribution >= 4 is 11.8 Å². The average molecular weight is 411 g/mol. The molecule has 0 fully saturated rings. The van der Waals surface area contributed by atoms with E-state index in [-0.39, 0.29) is 29.7 Å². The molecule has 0 bridgehead atoms. The van der Waals surface area contributed by atoms with Crippen LogP contribution in [0.2, 0.25) is 0 Å². The van der Waals surface area contributed by atoms with E-state index in [2.05, 4.69) is 26.1 Å². The Kier molecular flexibility index (Phi) is 8.04. The molecule has 30 heavy (non-hydrogen) atoms. The van der Waals surface area contributed by atoms with Gasteiger partial charge in [-0.25, -0.2) is 0 Å². The van der Waals surface area contributed by atoms with Gasteiger partial charge in [-0.05, 0) is 54.7 Å². The number of nitrogens with one attached hydrogen (secondary N) is 1. The van der Waals surface area contributed by atoms with Gasteiger partial charge < -0.3 is 15.0 Å². The lowest BCUT2D eigenvalue weighted by molar-refractivity contribution is -0.133. The monoisotopic (exact) mass is 410 g/mol. The van der Waals surface area contributed by atoms with E-state index >= 15 is 0 Å². The van der Waals surface area contributed by atoms with E-state index in [9.17, 15) is 9.59 Å². The molecule has 0 radical (unpaired) electrons. The third kappa shape index (κ3) is 6.09. The fourth-order valence-corrected chi connectivity index (χ4v) is 3.40. The van der Waals surface area contributed by atoms with Crippen molar-refractivity contribution < 1.29 is 14.3 Å². The number of hydrogen-bond acceptors (Lipinski definition) is 3. The van der Waals surface area contributed by atoms with Crippen LogP contribution in [0.5, 0.6) is 5.75 Å². The molecule has 0 aliphatic carbocycles. The van der Waals surface area contributed by atoms with Gasteiger partial charge in [0, 0.05) is 25.1 Å². The van der Waals surface area contributed by atoms with Gasteiger partial charge in [-0.2, -0.15) is 0 Å². The maximum Gasteiger partial charge on any atom is 0.251 e. The van der Waals surface area contributed by atoms with Crippen LogP contribution in [-0.2, 0) is 10.2 Å². The molecule has 0 aromatic heterocycles. The van der Waals surface area contributed by atoms with E-state index in [0.717, 1.165) is 11.3 Å². The second kappa shape index (κ2) is 10.3. The smallest absolute Gasteiger partial charge is 0.251 e. The molecule has 2 rings (SSSR count). The SMILES string of the molecule is CCN(C(=O)CCNC(=O)c1ccc(C(C)(C)C)cc1)C(C)c1cccc(OC)c1. The first-order chi connectivity index (χ1) is 14.2. The molecule has 2 amide bonds. The van der Waals surface area contributed by atoms with E-state index in [4.69, 9.17) is 4.74 Å². The lowest BCUT2D eigenvalue weighted by Gasteiger charge is -2.29. The van der Waals surface area contributed by atoms with Crippen LogP contribution in [0.3, 0.4) is 0 Å². The highest BCUT2D eigenvalue weighted by Crippen LogP contribution is 2.24. The summed E-state index contributed by atoms with van der Waals surface area (Å²) in [4.78, 5) is 27.0. The van der Waals surface area contributed by atoms with Crippen molar-refractivity contribution in [2.45, 2.75) is 52.5 Å². The standard InChI is InChI=1S/C25H34N2O3/c1-7-27(18(2)20-9-8-10-22(17-20)30-6)23(28)15-16-26-24(29)19-11-13-21(14-12-19)25(3,4)5/h8-14,17-18H,7,15-16H2,1-6H3,(H,26,29). The number of benzene rings is 2. The maximum absolute atomic E-state index is 12.8. The van der Waals surface area contributed by atoms with Gasteiger partial charge >= 0.3 is 0 Å². The lowest BCUT2D eigenvalue weighted by atomic mass is 9.87. The molecule has 0 heterocycles. The Morgan fingerprint density at radius 1 is 1.10 bits per heavy atom. The highest BCUT2D eigenvalue weighted by molar-refractivity contribution is 5.94. The summed E-state index contributed by atoms with van der Waals surface area (Å²) in [5, 5.41) is 2.86. The Labute approximate surface area is 180 Å². The minimum absolute atomic E-state index is 0.0104. The van der Waals surface area contributed by atoms with Gasteiger partial charge in [-0.3, -0.25) is 9.59 Å². The van der Waals surface area contributed by atoms with E-state index in [1.807, 2.05) is 67.3 Å². The molecule has 1 unspecified atom stereocenters. The molecule has 2 aromatic rings. The Morgan fingerprint density at radius 2 is 1.77 bits per heavy atom. The molecule has 0 aliphatic heterocycles. The van der Waals surface area contributed by atoms with Gasteiger partial charge in [-0.1, -0.05) is 45.0 Å². The Bertz CT molecular complexity index is 853. The largest absolute Gasteiger partial charge is 0.497 e. The molecular weight excluding hydrogens is 376 g/mol. The molecule has 2 aromatic carbocycles. The summed E-state index contributed by atoms with van der Waals surface area (Å²) < 4.78 is 5.29. The van der Waals surface area contributed by atoms with Crippen LogP contribution in [0, 0.1) is 0 Å². The minimum atomic E-state index is -0.160. The molecule has 0 saturated carbocycles. The number of hydrogen-bond donors (Lipinski definition) is 1. The van der Waals surface area contributed by atoms with Crippen LogP contribution in [0.15, 0.2) is 48.5 Å². The van der Waals surface area contributed by atoms with Crippen LogP contribution in [0.4, 0.5) is 0 Å². The van der Waals surface area contributed by atoms with Crippen molar-refractivity contribution in [1.29, 1.82) is 0 Å². The first kappa shape index (κ1) is 23.5. The summed E-state index contributed by atoms with van der Waals surface area (Å²) in [6, 6.07) is 15.3. The summed E-state index contributed by atoms with van der Waals surface area (Å²) in [7, 11) is 1.63. The minimum Gasteiger partial charge on any atom is -0.497 e. The third-order valence-electron chi connectivity index (χ3n) is 5.34. The molecule has 1 N–H and O–H groups in total. The summed E-state index contributed by atoms with van der Waals surface area (Å²) in [6.45, 7) is 11.3. The van der Waals surface area contributed by atoms with E-state index in [1.54, 1.807) is 7.11 Å². The molecule has 0 saturated heterocycles. The summed E-state index contributed by atoms with van der Waals surface area (Å²) in [5.41, 5.74) is 2.85. The zero-order chi connectivity index (χ0) is 22.3. The number of amides is 2. The molecule has 0 spiro atoms. The van der Waals surface area contributed by atoms with Crippen molar-refractivity contribution in [3.8, 4) is 5.75 Å². The van der Waals surface area contributed by atoms with Gasteiger partial charge in [0.1, 0.15) is 5.75 Å². The van der Waals surface area contributed by atoms with Gasteiger partial charge in [0.2, 0.25) is 5.91 Å². The average Bonchev–Trinajstić information content (AvgIpc) is 2.73. The quantitative estimate of drug-likeness (QED) is 0.685. The zero-order valence-electron chi connectivity index (χ0n) is 19.0. The van der Waals surface area contributed by atoms with Crippen molar-refractivity contribution in [2.24, 2.45) is 0 Å². The lowest BCUT2D eigenvalue weighted by Crippen LogP contribution is -2.36. The second-order valence-corrected chi connectivity index (χ2v) is 8.47. The van der Waals surface area contributed by atoms with Crippen LogP contribution in [0.25, 0.3) is 0 Å². The molecule has 0 aliphatic rings. The van der Waals surface area contributed by atoms with Crippen LogP contribution < -0.4 is 10.1 Å². The summed E-state index contributed by atoms with van der Waals surface area (Å²) in [5.74, 6) is 0.621. The summed E-state index contributed by atoms with van der Waals surface area (Å²) in [6.07, 6.45) is 0.258. The number of carbonyl (C=O) groups excluding carboxylic acids is 2. The van der Waals surface area contributed by atoms with Crippen LogP contribution in [-0.4, -0.2) is 36.9 Å². The second-order valence-electron chi connectivity index (χ2n) is 8.47. The number of rotatable bonds is 8. The van der Waals surface area contributed by atoms with E-state index in [1.165, 1.54) is 5.56 Å². The first-order valence-electron chi connectivity index (χ1n) is 10.5. The highest BCUT2D eigenvalue weighted by Gasteiger charge is 2.20. The molecule has 5 heteroatoms. The summed E-state index contributed by atoms with van der Waals surface area (Å²) >= 11 is 0. The maximum atomic E-state index is 12.8. The Balaban J connectivity index is 1.92. The molecular formula is C25H34N2O3. The normalized spacial score (nSPS) is 12.2. The predicted octanol–water partition coefficient (Wildman–Crippen LogP) is 4.72. The van der Waals surface area contributed by atoms with Crippen molar-refractivity contribution in [2.75, 3.05) is 20.2 Å². The number of nitrogens with zero attached hydrogens (tertiary/aromatic N) is 1. The van der Waals surface area contributed by atoms with Crippen LogP contribution in [0.1, 0.15) is 68.6 Å². The number of carbonyl (C=O) groups is 2. The molecule has 162 valence electrons. The fraction of sp³-hybridized carbons (Fsp3) is 0.440. The Morgan fingerprint density at radius 3 is 2.33 bits per heavy atom. The van der Waals surface area contributed by atoms with E-state index < -0.39 is 0 Å². The van der Waals surface area contributed by atoms with Crippen molar-refractivity contribution in [3.05, 3.63) is 65.2 Å². The first-order valence-corrected chi connectivity index (χ1v) is 10.5. The fourth-order valence-electron chi connectivity index (χ4n) is 3.40. The zero-order valence-corrected chi connectivity index (χ0v) is 19.0. The third-order valence-corrected chi connectivity index (χ3v) is 5.34.